The number of hydrogen-bond donors (Lipinski definition) is 0. The zero-order chi connectivity index (χ0) is 11.4. The summed E-state index contributed by atoms with van der Waals surface area (Å²) < 4.78 is 71.2. The van der Waals surface area contributed by atoms with Gasteiger partial charge < -0.3 is 42.0 Å². The van der Waals surface area contributed by atoms with Gasteiger partial charge in [0.05, 0.1) is 20.2 Å². The molecular weight excluding hydrogens is 398 g/mol. The normalized spacial score (nSPS) is 8.50. The molecule has 0 radical (unpaired) electrons. The van der Waals surface area contributed by atoms with Gasteiger partial charge in [-0.15, -0.1) is 0 Å². The van der Waals surface area contributed by atoms with Crippen molar-refractivity contribution in [1.82, 2.24) is 0 Å². The standard InChI is InChI=1S/C4H10O7S3.2Na.6H2O/c5-12(1-3-13(6,7)8)2-4-14(9,10)11;;;;;;;;/h1-4H2,(H,6,7,8)(H,9,10,11);;;6*1H2/q;2*+1;;;;;;/p-2. The molecule has 0 saturated carbocycles. The van der Waals surface area contributed by atoms with Crippen molar-refractivity contribution in [2.45, 2.75) is 0 Å². The molecule has 0 aromatic heterocycles. The van der Waals surface area contributed by atoms with Gasteiger partial charge in [-0.05, 0) is 0 Å². The molecule has 134 valence electrons. The quantitative estimate of drug-likeness (QED) is 0.295. The van der Waals surface area contributed by atoms with Crippen LogP contribution in [0.1, 0.15) is 0 Å². The Morgan fingerprint density at radius 3 is 0.955 bits per heavy atom. The van der Waals surface area contributed by atoms with Crippen LogP contribution in [0.4, 0.5) is 0 Å². The minimum absolute atomic E-state index is 0. The van der Waals surface area contributed by atoms with Crippen LogP contribution in [0.25, 0.3) is 0 Å². The third-order valence-electron chi connectivity index (χ3n) is 1.12. The van der Waals surface area contributed by atoms with E-state index in [1.165, 1.54) is 0 Å². The molecular formula is C4H20Na2O13S3. The summed E-state index contributed by atoms with van der Waals surface area (Å²) in [5.41, 5.74) is 0. The van der Waals surface area contributed by atoms with Crippen molar-refractivity contribution in [3.63, 3.8) is 0 Å². The van der Waals surface area contributed by atoms with Gasteiger partial charge >= 0.3 is 59.1 Å². The molecule has 0 aliphatic heterocycles. The van der Waals surface area contributed by atoms with Gasteiger partial charge in [0.15, 0.2) is 0 Å². The summed E-state index contributed by atoms with van der Waals surface area (Å²) >= 11 is 0. The maximum Gasteiger partial charge on any atom is 1.00 e. The summed E-state index contributed by atoms with van der Waals surface area (Å²) in [5, 5.41) is 0. The molecule has 18 heteroatoms. The molecule has 0 saturated heterocycles. The van der Waals surface area contributed by atoms with E-state index in [9.17, 15) is 30.1 Å². The van der Waals surface area contributed by atoms with Crippen LogP contribution in [0.15, 0.2) is 0 Å². The first-order valence-electron chi connectivity index (χ1n) is 3.32. The smallest absolute Gasteiger partial charge is 0.748 e. The molecule has 0 aromatic rings. The van der Waals surface area contributed by atoms with Gasteiger partial charge in [0.2, 0.25) is 0 Å². The summed E-state index contributed by atoms with van der Waals surface area (Å²) in [7, 11) is -10.7. The molecule has 12 N–H and O–H groups in total. The average Bonchev–Trinajstić information content (AvgIpc) is 1.94. The first kappa shape index (κ1) is 56.5. The van der Waals surface area contributed by atoms with Gasteiger partial charge in [0.25, 0.3) is 0 Å². The third-order valence-corrected chi connectivity index (χ3v) is 4.37. The zero-order valence-corrected chi connectivity index (χ0v) is 18.4. The van der Waals surface area contributed by atoms with E-state index in [4.69, 9.17) is 0 Å². The SMILES string of the molecule is O.O.O.O.O.O.O=S(CCS(=O)(=O)[O-])CCS(=O)(=O)[O-].[Na+].[Na+]. The molecule has 0 heterocycles. The van der Waals surface area contributed by atoms with Gasteiger partial charge in [0.1, 0.15) is 0 Å². The van der Waals surface area contributed by atoms with E-state index in [2.05, 4.69) is 0 Å². The van der Waals surface area contributed by atoms with Crippen molar-refractivity contribution in [1.29, 1.82) is 0 Å². The molecule has 0 unspecified atom stereocenters. The Morgan fingerprint density at radius 2 is 0.818 bits per heavy atom. The Morgan fingerprint density at radius 1 is 0.636 bits per heavy atom. The average molecular weight is 418 g/mol. The van der Waals surface area contributed by atoms with Crippen LogP contribution in [0, 0.1) is 0 Å². The summed E-state index contributed by atoms with van der Waals surface area (Å²) in [6.45, 7) is 0. The maximum absolute atomic E-state index is 10.8. The van der Waals surface area contributed by atoms with E-state index < -0.39 is 54.0 Å². The largest absolute Gasteiger partial charge is 1.00 e. The summed E-state index contributed by atoms with van der Waals surface area (Å²) in [5.74, 6) is -2.53. The molecule has 0 aromatic carbocycles. The summed E-state index contributed by atoms with van der Waals surface area (Å²) in [6.07, 6.45) is 0. The summed E-state index contributed by atoms with van der Waals surface area (Å²) in [6, 6.07) is 0. The molecule has 0 fully saturated rings. The van der Waals surface area contributed by atoms with Crippen LogP contribution in [0.2, 0.25) is 0 Å². The van der Waals surface area contributed by atoms with Crippen molar-refractivity contribution < 1.29 is 122 Å². The van der Waals surface area contributed by atoms with Crippen LogP contribution < -0.4 is 59.1 Å². The van der Waals surface area contributed by atoms with Gasteiger partial charge in [-0.3, -0.25) is 4.21 Å². The Bertz CT molecular complexity index is 367. The van der Waals surface area contributed by atoms with Crippen LogP contribution in [0.3, 0.4) is 0 Å². The molecule has 0 spiro atoms. The Hall–Kier alpha value is 1.73. The Kier molecular flexibility index (Phi) is 64.1. The molecule has 13 nitrogen and oxygen atoms in total. The van der Waals surface area contributed by atoms with E-state index >= 15 is 0 Å². The van der Waals surface area contributed by atoms with E-state index in [0.717, 1.165) is 0 Å². The van der Waals surface area contributed by atoms with E-state index in [1.807, 2.05) is 0 Å². The van der Waals surface area contributed by atoms with Crippen molar-refractivity contribution >= 4 is 31.0 Å². The number of rotatable bonds is 6. The van der Waals surface area contributed by atoms with Crippen molar-refractivity contribution in [2.24, 2.45) is 0 Å². The van der Waals surface area contributed by atoms with E-state index in [1.54, 1.807) is 0 Å². The Balaban J connectivity index is -0.0000000302. The van der Waals surface area contributed by atoms with Crippen LogP contribution in [-0.4, -0.2) is 86.0 Å². The second-order valence-electron chi connectivity index (χ2n) is 2.37. The second-order valence-corrected chi connectivity index (χ2v) is 7.12. The van der Waals surface area contributed by atoms with Crippen LogP contribution in [0.5, 0.6) is 0 Å². The van der Waals surface area contributed by atoms with Crippen molar-refractivity contribution in [3.8, 4) is 0 Å². The molecule has 0 amide bonds. The van der Waals surface area contributed by atoms with Gasteiger partial charge in [-0.25, -0.2) is 16.8 Å². The van der Waals surface area contributed by atoms with Crippen molar-refractivity contribution in [3.05, 3.63) is 0 Å². The van der Waals surface area contributed by atoms with Gasteiger partial charge in [-0.2, -0.15) is 0 Å². The van der Waals surface area contributed by atoms with Crippen molar-refractivity contribution in [2.75, 3.05) is 23.0 Å². The predicted octanol–water partition coefficient (Wildman–Crippen LogP) is -13.1. The summed E-state index contributed by atoms with van der Waals surface area (Å²) in [4.78, 5) is 0. The fourth-order valence-electron chi connectivity index (χ4n) is 0.492. The molecule has 0 aliphatic carbocycles. The minimum atomic E-state index is -4.44. The third kappa shape index (κ3) is 49.5. The number of hydrogen-bond acceptors (Lipinski definition) is 7. The minimum Gasteiger partial charge on any atom is -0.748 e. The fraction of sp³-hybridized carbons (Fsp3) is 1.00. The molecule has 0 bridgehead atoms. The zero-order valence-electron chi connectivity index (χ0n) is 11.9. The topological polar surface area (TPSA) is 320 Å². The Labute approximate surface area is 174 Å². The first-order valence-corrected chi connectivity index (χ1v) is 7.96. The van der Waals surface area contributed by atoms with Crippen LogP contribution >= 0.6 is 0 Å². The second kappa shape index (κ2) is 25.0. The fourth-order valence-corrected chi connectivity index (χ4v) is 3.82. The van der Waals surface area contributed by atoms with E-state index in [0.29, 0.717) is 0 Å². The molecule has 0 rings (SSSR count). The predicted molar refractivity (Wildman–Crippen MR) is 68.7 cm³/mol. The van der Waals surface area contributed by atoms with Gasteiger partial charge in [0, 0.05) is 33.8 Å². The van der Waals surface area contributed by atoms with E-state index in [-0.39, 0.29) is 92.0 Å². The monoisotopic (exact) mass is 418 g/mol. The van der Waals surface area contributed by atoms with Crippen LogP contribution in [-0.2, 0) is 31.0 Å². The molecule has 22 heavy (non-hydrogen) atoms. The van der Waals surface area contributed by atoms with Gasteiger partial charge in [-0.1, -0.05) is 0 Å². The first-order chi connectivity index (χ1) is 6.10. The maximum atomic E-state index is 10.8. The molecule has 0 atom stereocenters. The molecule has 0 aliphatic rings.